The SMILES string of the molecule is CCC/C=C/C=C/C(=O)O[C@H]1C2=CC(=O)O[C@@H]2[C@H]2C[C@H]([C@@H](C)O[Si](CC)(CC)CC)OC(=O)C[C@H](O[Si](CC)(CC)CC)C[C@H]3C[C@H](O[Si](C)(C)C(C)(C)C)C(C)(C)[C@](OC)(C[C@@H]4CC(OC)(OC)C[C@H](/C=C\C(C)(C)[C@]1(OC)O2)O4)O3. The number of allylic oxidation sites excluding steroid dienone is 3. The molecule has 470 valence electrons. The average Bonchev–Trinajstić information content (AvgIpc) is 4.03. The fraction of sp³-hybridized carbons (Fsp3) is 0.825. The van der Waals surface area contributed by atoms with Crippen molar-refractivity contribution in [1.82, 2.24) is 0 Å². The Morgan fingerprint density at radius 3 is 1.96 bits per heavy atom. The quantitative estimate of drug-likeness (QED) is 0.0190. The molecule has 0 unspecified atom stereocenters. The largest absolute Gasteiger partial charge is 0.459 e. The third kappa shape index (κ3) is 15.5. The van der Waals surface area contributed by atoms with Crippen LogP contribution in [-0.2, 0) is 75.0 Å². The first-order valence-corrected chi connectivity index (χ1v) is 39.0. The smallest absolute Gasteiger partial charge is 0.331 e. The molecule has 3 saturated heterocycles. The van der Waals surface area contributed by atoms with Crippen LogP contribution in [0, 0.1) is 10.8 Å². The second-order valence-electron chi connectivity index (χ2n) is 26.5. The summed E-state index contributed by atoms with van der Waals surface area (Å²) in [6.07, 6.45) is 8.21. The number of rotatable bonds is 22. The molecule has 0 amide bonds. The monoisotopic (exact) mass is 1210 g/mol. The lowest BCUT2D eigenvalue weighted by Crippen LogP contribution is -2.66. The van der Waals surface area contributed by atoms with E-state index >= 15 is 4.79 Å². The van der Waals surface area contributed by atoms with Crippen molar-refractivity contribution in [3.8, 4) is 0 Å². The molecule has 0 saturated carbocycles. The highest BCUT2D eigenvalue weighted by Gasteiger charge is 2.65. The first-order valence-electron chi connectivity index (χ1n) is 31.0. The molecule has 5 aliphatic rings. The Balaban J connectivity index is 1.80. The molecule has 3 fully saturated rings. The van der Waals surface area contributed by atoms with E-state index in [0.717, 1.165) is 49.1 Å². The van der Waals surface area contributed by atoms with Gasteiger partial charge in [0.15, 0.2) is 48.7 Å². The summed E-state index contributed by atoms with van der Waals surface area (Å²) in [7, 11) is -0.672. The molecule has 0 spiro atoms. The molecule has 82 heavy (non-hydrogen) atoms. The van der Waals surface area contributed by atoms with Crippen LogP contribution >= 0.6 is 0 Å². The molecular formula is C63H110O16Si3. The Morgan fingerprint density at radius 2 is 1.40 bits per heavy atom. The number of esters is 3. The van der Waals surface area contributed by atoms with E-state index in [9.17, 15) is 9.59 Å². The molecule has 6 bridgehead atoms. The lowest BCUT2D eigenvalue weighted by atomic mass is 9.70. The van der Waals surface area contributed by atoms with Gasteiger partial charge in [-0.15, -0.1) is 0 Å². The van der Waals surface area contributed by atoms with Gasteiger partial charge >= 0.3 is 17.9 Å². The fourth-order valence-electron chi connectivity index (χ4n) is 13.0. The molecular weight excluding hydrogens is 1100 g/mol. The lowest BCUT2D eigenvalue weighted by Gasteiger charge is -2.58. The maximum atomic E-state index is 15.3. The van der Waals surface area contributed by atoms with Gasteiger partial charge < -0.3 is 60.6 Å². The molecule has 5 heterocycles. The van der Waals surface area contributed by atoms with Gasteiger partial charge in [0.25, 0.3) is 0 Å². The van der Waals surface area contributed by atoms with E-state index in [0.29, 0.717) is 31.3 Å². The predicted octanol–water partition coefficient (Wildman–Crippen LogP) is 13.4. The third-order valence-corrected chi connectivity index (χ3v) is 34.0. The van der Waals surface area contributed by atoms with Crippen molar-refractivity contribution in [3.05, 3.63) is 48.1 Å². The van der Waals surface area contributed by atoms with Gasteiger partial charge in [-0.3, -0.25) is 4.79 Å². The standard InChI is InChI=1S/C63H110O16Si3/c1-22-29-30-31-32-33-53(64)74-57-49-39-55(66)73-56(49)51-40-50(44(8)77-81(23-2,24-3)25-4)72-54(65)38-47(78-82(26-5,27-6)28-7)36-46-37-52(79-80(20,21)58(9,10)11)60(14,15)62(69-18,75-46)43-48-42-61(67-16,68-17)41-45(71-48)34-35-59(12,13)63(57,70-19)76-51/h30-35,39,44-48,50-52,56-57H,22-29,36-38,40-43H2,1-21H3/b31-30+,33-32+,35-34-/t44-,45+,46+,47-,48+,50-,51-,52+,56+,57+,62+,63-/m1/s1. The summed E-state index contributed by atoms with van der Waals surface area (Å²) in [5, 5.41) is -0.104. The van der Waals surface area contributed by atoms with Crippen LogP contribution in [0.5, 0.6) is 0 Å². The highest BCUT2D eigenvalue weighted by Crippen LogP contribution is 2.55. The molecule has 0 aromatic carbocycles. The zero-order valence-electron chi connectivity index (χ0n) is 54.5. The maximum Gasteiger partial charge on any atom is 0.331 e. The van der Waals surface area contributed by atoms with Gasteiger partial charge in [0.2, 0.25) is 5.79 Å². The Bertz CT molecular complexity index is 2210. The lowest BCUT2D eigenvalue weighted by molar-refractivity contribution is -0.362. The van der Waals surface area contributed by atoms with Crippen molar-refractivity contribution < 1.29 is 75.0 Å². The van der Waals surface area contributed by atoms with Crippen molar-refractivity contribution in [2.75, 3.05) is 28.4 Å². The van der Waals surface area contributed by atoms with Gasteiger partial charge in [0.05, 0.1) is 43.0 Å². The van der Waals surface area contributed by atoms with Crippen molar-refractivity contribution in [1.29, 1.82) is 0 Å². The van der Waals surface area contributed by atoms with E-state index in [1.165, 1.54) is 19.3 Å². The summed E-state index contributed by atoms with van der Waals surface area (Å²) >= 11 is 0. The molecule has 16 nitrogen and oxygen atoms in total. The minimum absolute atomic E-state index is 0.0296. The van der Waals surface area contributed by atoms with Crippen LogP contribution < -0.4 is 0 Å². The summed E-state index contributed by atoms with van der Waals surface area (Å²) in [6.45, 7) is 36.6. The topological polar surface area (TPSA) is 171 Å². The van der Waals surface area contributed by atoms with Crippen molar-refractivity contribution in [3.63, 3.8) is 0 Å². The first-order chi connectivity index (χ1) is 38.4. The summed E-state index contributed by atoms with van der Waals surface area (Å²) < 4.78 is 89.8. The highest BCUT2D eigenvalue weighted by molar-refractivity contribution is 6.74. The number of methoxy groups -OCH3 is 4. The normalized spacial score (nSPS) is 32.8. The molecule has 19 heteroatoms. The van der Waals surface area contributed by atoms with E-state index in [4.69, 9.17) is 60.6 Å². The molecule has 12 atom stereocenters. The van der Waals surface area contributed by atoms with Crippen LogP contribution in [0.15, 0.2) is 48.1 Å². The Morgan fingerprint density at radius 1 is 0.768 bits per heavy atom. The minimum atomic E-state index is -2.43. The number of cyclic esters (lactones) is 1. The van der Waals surface area contributed by atoms with Crippen LogP contribution in [0.25, 0.3) is 0 Å². The zero-order chi connectivity index (χ0) is 61.3. The first kappa shape index (κ1) is 70.4. The number of ether oxygens (including phenoxy) is 10. The van der Waals surface area contributed by atoms with E-state index < -0.39 is 126 Å². The molecule has 0 aromatic rings. The number of carbonyl (C=O) groups excluding carboxylic acids is 3. The zero-order valence-corrected chi connectivity index (χ0v) is 57.5. The summed E-state index contributed by atoms with van der Waals surface area (Å²) in [5.41, 5.74) is -1.56. The van der Waals surface area contributed by atoms with Gasteiger partial charge in [-0.2, -0.15) is 0 Å². The molecule has 0 N–H and O–H groups in total. The van der Waals surface area contributed by atoms with Gasteiger partial charge in [0.1, 0.15) is 12.2 Å². The summed E-state index contributed by atoms with van der Waals surface area (Å²) in [6, 6.07) is 5.16. The molecule has 0 aromatic heterocycles. The Hall–Kier alpha value is -2.38. The van der Waals surface area contributed by atoms with E-state index in [2.05, 4.69) is 96.2 Å². The van der Waals surface area contributed by atoms with Crippen molar-refractivity contribution >= 4 is 42.9 Å². The second kappa shape index (κ2) is 28.6. The van der Waals surface area contributed by atoms with E-state index in [1.54, 1.807) is 33.5 Å². The third-order valence-electron chi connectivity index (χ3n) is 20.0. The molecule has 5 aliphatic heterocycles. The van der Waals surface area contributed by atoms with Crippen LogP contribution in [0.3, 0.4) is 0 Å². The Kier molecular flexibility index (Phi) is 24.6. The number of unbranched alkanes of at least 4 members (excludes halogenated alkanes) is 1. The van der Waals surface area contributed by atoms with Crippen LogP contribution in [-0.4, -0.2) is 150 Å². The van der Waals surface area contributed by atoms with Crippen molar-refractivity contribution in [2.24, 2.45) is 10.8 Å². The van der Waals surface area contributed by atoms with E-state index in [1.807, 2.05) is 39.0 Å². The van der Waals surface area contributed by atoms with Gasteiger partial charge in [-0.1, -0.05) is 134 Å². The van der Waals surface area contributed by atoms with Crippen LogP contribution in [0.1, 0.15) is 162 Å². The van der Waals surface area contributed by atoms with Gasteiger partial charge in [-0.25, -0.2) is 9.59 Å². The number of fused-ring (bicyclic) bond motifs is 8. The number of hydrogen-bond donors (Lipinski definition) is 0. The summed E-state index contributed by atoms with van der Waals surface area (Å²) in [4.78, 5) is 43.1. The molecule has 0 aliphatic carbocycles. The number of carbonyl (C=O) groups is 3. The van der Waals surface area contributed by atoms with Crippen LogP contribution in [0.4, 0.5) is 0 Å². The van der Waals surface area contributed by atoms with Gasteiger partial charge in [-0.05, 0) is 80.6 Å². The second-order valence-corrected chi connectivity index (χ2v) is 40.7. The summed E-state index contributed by atoms with van der Waals surface area (Å²) in [5.74, 6) is -5.96. The average molecular weight is 1210 g/mol. The number of hydrogen-bond acceptors (Lipinski definition) is 16. The highest BCUT2D eigenvalue weighted by atomic mass is 28.4. The predicted molar refractivity (Wildman–Crippen MR) is 326 cm³/mol. The molecule has 0 radical (unpaired) electrons. The van der Waals surface area contributed by atoms with E-state index in [-0.39, 0.29) is 30.4 Å². The van der Waals surface area contributed by atoms with Crippen molar-refractivity contribution in [2.45, 2.75) is 294 Å². The minimum Gasteiger partial charge on any atom is -0.459 e. The maximum absolute atomic E-state index is 15.3. The fourth-order valence-corrected chi connectivity index (χ4v) is 20.2. The van der Waals surface area contributed by atoms with Crippen LogP contribution in [0.2, 0.25) is 54.4 Å². The molecule has 5 rings (SSSR count). The Labute approximate surface area is 497 Å². The van der Waals surface area contributed by atoms with Gasteiger partial charge in [0, 0.05) is 82.7 Å².